The van der Waals surface area contributed by atoms with Crippen molar-refractivity contribution in [2.75, 3.05) is 25.0 Å². The molecule has 6 heteroatoms. The van der Waals surface area contributed by atoms with Gasteiger partial charge in [-0.15, -0.1) is 0 Å². The minimum Gasteiger partial charge on any atom is -0.369 e. The number of piperidine rings is 1. The van der Waals surface area contributed by atoms with Crippen molar-refractivity contribution in [3.63, 3.8) is 0 Å². The second-order valence-electron chi connectivity index (χ2n) is 5.79. The highest BCUT2D eigenvalue weighted by Gasteiger charge is 2.26. The molecule has 6 nitrogen and oxygen atoms in total. The number of anilines is 1. The fraction of sp³-hybridized carbons (Fsp3) is 0.438. The molecule has 1 aliphatic heterocycles. The number of likely N-dealkylation sites (tertiary alicyclic amines) is 1. The molecule has 22 heavy (non-hydrogen) atoms. The highest BCUT2D eigenvalue weighted by Crippen LogP contribution is 2.10. The maximum atomic E-state index is 12.0. The van der Waals surface area contributed by atoms with Crippen LogP contribution in [-0.4, -0.2) is 37.2 Å². The average molecular weight is 304 g/mol. The maximum Gasteiger partial charge on any atom is 0.279 e. The Labute approximate surface area is 129 Å². The fourth-order valence-corrected chi connectivity index (χ4v) is 2.71. The smallest absolute Gasteiger partial charge is 0.279 e. The third-order valence-electron chi connectivity index (χ3n) is 4.08. The minimum absolute atomic E-state index is 0.000331. The molecule has 0 unspecified atom stereocenters. The predicted molar refractivity (Wildman–Crippen MR) is 82.6 cm³/mol. The molecule has 1 aromatic carbocycles. The lowest BCUT2D eigenvalue weighted by Crippen LogP contribution is -3.14. The summed E-state index contributed by atoms with van der Waals surface area (Å²) in [4.78, 5) is 35.5. The third-order valence-corrected chi connectivity index (χ3v) is 4.08. The summed E-state index contributed by atoms with van der Waals surface area (Å²) in [5, 5.41) is 2.83. The number of carbonyl (C=O) groups excluding carboxylic acids is 3. The van der Waals surface area contributed by atoms with Crippen LogP contribution in [0.2, 0.25) is 0 Å². The average Bonchev–Trinajstić information content (AvgIpc) is 2.48. The SMILES string of the molecule is CC(=O)c1ccc(NC(=O)C[NH+]2CCC(C(N)=O)CC2)cc1. The van der Waals surface area contributed by atoms with E-state index in [9.17, 15) is 14.4 Å². The van der Waals surface area contributed by atoms with Crippen molar-refractivity contribution >= 4 is 23.3 Å². The Morgan fingerprint density at radius 3 is 2.27 bits per heavy atom. The lowest BCUT2D eigenvalue weighted by Gasteiger charge is -2.27. The number of carbonyl (C=O) groups is 3. The van der Waals surface area contributed by atoms with Gasteiger partial charge in [-0.05, 0) is 31.2 Å². The first kappa shape index (κ1) is 16.2. The Bertz CT molecular complexity index is 561. The number of hydrogen-bond donors (Lipinski definition) is 3. The van der Waals surface area contributed by atoms with E-state index in [1.54, 1.807) is 24.3 Å². The number of ketones is 1. The molecule has 0 atom stereocenters. The second-order valence-corrected chi connectivity index (χ2v) is 5.79. The summed E-state index contributed by atoms with van der Waals surface area (Å²) in [6.45, 7) is 3.45. The van der Waals surface area contributed by atoms with E-state index < -0.39 is 0 Å². The van der Waals surface area contributed by atoms with Gasteiger partial charge in [0, 0.05) is 30.0 Å². The molecule has 0 radical (unpaired) electrons. The highest BCUT2D eigenvalue weighted by molar-refractivity contribution is 5.95. The zero-order valence-corrected chi connectivity index (χ0v) is 12.7. The van der Waals surface area contributed by atoms with Crippen LogP contribution in [0.5, 0.6) is 0 Å². The molecule has 4 N–H and O–H groups in total. The van der Waals surface area contributed by atoms with E-state index in [1.165, 1.54) is 6.92 Å². The molecule has 0 aromatic heterocycles. The third kappa shape index (κ3) is 4.39. The van der Waals surface area contributed by atoms with Crippen LogP contribution in [0.3, 0.4) is 0 Å². The van der Waals surface area contributed by atoms with Crippen molar-refractivity contribution in [3.8, 4) is 0 Å². The maximum absolute atomic E-state index is 12.0. The molecule has 0 aliphatic carbocycles. The van der Waals surface area contributed by atoms with Crippen LogP contribution < -0.4 is 16.0 Å². The van der Waals surface area contributed by atoms with Crippen LogP contribution in [0.25, 0.3) is 0 Å². The van der Waals surface area contributed by atoms with E-state index in [4.69, 9.17) is 5.73 Å². The van der Waals surface area contributed by atoms with Crippen LogP contribution in [0.15, 0.2) is 24.3 Å². The lowest BCUT2D eigenvalue weighted by atomic mass is 9.96. The van der Waals surface area contributed by atoms with Gasteiger partial charge in [0.2, 0.25) is 5.91 Å². The number of primary amides is 1. The Morgan fingerprint density at radius 1 is 1.18 bits per heavy atom. The quantitative estimate of drug-likeness (QED) is 0.647. The van der Waals surface area contributed by atoms with Crippen LogP contribution >= 0.6 is 0 Å². The van der Waals surface area contributed by atoms with E-state index in [1.807, 2.05) is 0 Å². The number of amides is 2. The van der Waals surface area contributed by atoms with Gasteiger partial charge in [0.15, 0.2) is 12.3 Å². The van der Waals surface area contributed by atoms with Gasteiger partial charge in [-0.25, -0.2) is 0 Å². The second kappa shape index (κ2) is 7.17. The molecule has 0 saturated carbocycles. The summed E-state index contributed by atoms with van der Waals surface area (Å²) < 4.78 is 0. The molecule has 1 saturated heterocycles. The summed E-state index contributed by atoms with van der Waals surface area (Å²) in [6, 6.07) is 6.85. The van der Waals surface area contributed by atoms with Crippen molar-refractivity contribution in [2.45, 2.75) is 19.8 Å². The molecule has 1 heterocycles. The number of rotatable bonds is 5. The first-order valence-electron chi connectivity index (χ1n) is 7.49. The molecule has 118 valence electrons. The zero-order valence-electron chi connectivity index (χ0n) is 12.7. The summed E-state index contributed by atoms with van der Waals surface area (Å²) in [6.07, 6.45) is 1.48. The first-order valence-corrected chi connectivity index (χ1v) is 7.49. The number of nitrogens with two attached hydrogens (primary N) is 1. The van der Waals surface area contributed by atoms with Gasteiger partial charge in [0.05, 0.1) is 13.1 Å². The minimum atomic E-state index is -0.242. The molecule has 2 amide bonds. The summed E-state index contributed by atoms with van der Waals surface area (Å²) in [5.74, 6) is -0.359. The molecule has 1 fully saturated rings. The first-order chi connectivity index (χ1) is 10.5. The zero-order chi connectivity index (χ0) is 16.1. The normalized spacial score (nSPS) is 21.1. The van der Waals surface area contributed by atoms with E-state index >= 15 is 0 Å². The van der Waals surface area contributed by atoms with Crippen molar-refractivity contribution in [2.24, 2.45) is 11.7 Å². The topological polar surface area (TPSA) is 93.7 Å². The van der Waals surface area contributed by atoms with E-state index in [-0.39, 0.29) is 23.5 Å². The van der Waals surface area contributed by atoms with Crippen LogP contribution in [0.1, 0.15) is 30.1 Å². The van der Waals surface area contributed by atoms with Crippen molar-refractivity contribution in [3.05, 3.63) is 29.8 Å². The van der Waals surface area contributed by atoms with Gasteiger partial charge in [-0.1, -0.05) is 0 Å². The molecule has 1 aliphatic rings. The molecular weight excluding hydrogens is 282 g/mol. The van der Waals surface area contributed by atoms with Gasteiger partial charge < -0.3 is 16.0 Å². The largest absolute Gasteiger partial charge is 0.369 e. The van der Waals surface area contributed by atoms with E-state index in [0.29, 0.717) is 17.8 Å². The predicted octanol–water partition coefficient (Wildman–Crippen LogP) is -0.392. The monoisotopic (exact) mass is 304 g/mol. The van der Waals surface area contributed by atoms with Crippen molar-refractivity contribution < 1.29 is 19.3 Å². The summed E-state index contributed by atoms with van der Waals surface area (Å²) in [7, 11) is 0. The van der Waals surface area contributed by atoms with Gasteiger partial charge in [0.25, 0.3) is 5.91 Å². The Kier molecular flexibility index (Phi) is 5.27. The van der Waals surface area contributed by atoms with Crippen LogP contribution in [-0.2, 0) is 9.59 Å². The van der Waals surface area contributed by atoms with Gasteiger partial charge in [-0.2, -0.15) is 0 Å². The van der Waals surface area contributed by atoms with Gasteiger partial charge in [-0.3, -0.25) is 14.4 Å². The number of hydrogen-bond acceptors (Lipinski definition) is 3. The standard InChI is InChI=1S/C16H21N3O3/c1-11(20)12-2-4-14(5-3-12)18-15(21)10-19-8-6-13(7-9-19)16(17)22/h2-5,13H,6-10H2,1H3,(H2,17,22)(H,18,21)/p+1. The molecular formula is C16H22N3O3+. The van der Waals surface area contributed by atoms with Crippen LogP contribution in [0, 0.1) is 5.92 Å². The van der Waals surface area contributed by atoms with Gasteiger partial charge >= 0.3 is 0 Å². The van der Waals surface area contributed by atoms with Crippen molar-refractivity contribution in [1.29, 1.82) is 0 Å². The lowest BCUT2D eigenvalue weighted by molar-refractivity contribution is -0.897. The number of benzene rings is 1. The van der Waals surface area contributed by atoms with Crippen molar-refractivity contribution in [1.82, 2.24) is 0 Å². The Morgan fingerprint density at radius 2 is 1.77 bits per heavy atom. The number of Topliss-reactive ketones (excluding diaryl/α,β-unsaturated/α-hetero) is 1. The number of quaternary nitrogens is 1. The van der Waals surface area contributed by atoms with E-state index in [2.05, 4.69) is 5.32 Å². The molecule has 2 rings (SSSR count). The Hall–Kier alpha value is -2.21. The number of nitrogens with one attached hydrogen (secondary N) is 2. The molecule has 0 spiro atoms. The highest BCUT2D eigenvalue weighted by atomic mass is 16.2. The summed E-state index contributed by atoms with van der Waals surface area (Å²) in [5.41, 5.74) is 6.60. The Balaban J connectivity index is 1.81. The van der Waals surface area contributed by atoms with Crippen LogP contribution in [0.4, 0.5) is 5.69 Å². The summed E-state index contributed by atoms with van der Waals surface area (Å²) >= 11 is 0. The van der Waals surface area contributed by atoms with Gasteiger partial charge in [0.1, 0.15) is 0 Å². The molecule has 0 bridgehead atoms. The van der Waals surface area contributed by atoms with E-state index in [0.717, 1.165) is 30.8 Å². The molecule has 1 aromatic rings. The fourth-order valence-electron chi connectivity index (χ4n) is 2.71.